The van der Waals surface area contributed by atoms with Crippen LogP contribution in [-0.2, 0) is 15.0 Å². The number of carbonyl (C=O) groups is 2. The van der Waals surface area contributed by atoms with Crippen molar-refractivity contribution in [3.05, 3.63) is 35.9 Å². The number of hydrogen-bond donors (Lipinski definition) is 2. The molecule has 132 valence electrons. The van der Waals surface area contributed by atoms with E-state index in [0.717, 1.165) is 19.3 Å². The summed E-state index contributed by atoms with van der Waals surface area (Å²) in [4.78, 5) is 23.9. The van der Waals surface area contributed by atoms with Gasteiger partial charge in [-0.1, -0.05) is 63.4 Å². The fourth-order valence-corrected chi connectivity index (χ4v) is 3.25. The summed E-state index contributed by atoms with van der Waals surface area (Å²) in [6.07, 6.45) is 6.94. The zero-order valence-electron chi connectivity index (χ0n) is 14.9. The summed E-state index contributed by atoms with van der Waals surface area (Å²) in [5.74, 6) is -0.129. The first-order valence-corrected chi connectivity index (χ1v) is 9.09. The van der Waals surface area contributed by atoms with Gasteiger partial charge in [0.1, 0.15) is 0 Å². The van der Waals surface area contributed by atoms with Crippen LogP contribution in [0.1, 0.15) is 64.4 Å². The summed E-state index contributed by atoms with van der Waals surface area (Å²) in [6, 6.07) is 10.5. The summed E-state index contributed by atoms with van der Waals surface area (Å²) in [5.41, 5.74) is 1.18. The minimum atomic E-state index is -0.0717. The minimum absolute atomic E-state index is 0.0526. The third-order valence-electron chi connectivity index (χ3n) is 4.95. The van der Waals surface area contributed by atoms with Gasteiger partial charge in [-0.05, 0) is 30.2 Å². The van der Waals surface area contributed by atoms with Gasteiger partial charge in [0.2, 0.25) is 11.8 Å². The topological polar surface area (TPSA) is 58.2 Å². The first-order chi connectivity index (χ1) is 11.5. The van der Waals surface area contributed by atoms with Crippen LogP contribution in [0, 0.1) is 0 Å². The van der Waals surface area contributed by atoms with E-state index in [1.807, 2.05) is 18.2 Å². The summed E-state index contributed by atoms with van der Waals surface area (Å²) < 4.78 is 0. The Morgan fingerprint density at radius 3 is 2.38 bits per heavy atom. The van der Waals surface area contributed by atoms with Gasteiger partial charge >= 0.3 is 0 Å². The summed E-state index contributed by atoms with van der Waals surface area (Å²) in [7, 11) is 0. The van der Waals surface area contributed by atoms with E-state index in [2.05, 4.69) is 36.6 Å². The van der Waals surface area contributed by atoms with Crippen LogP contribution in [0.2, 0.25) is 0 Å². The molecule has 2 N–H and O–H groups in total. The van der Waals surface area contributed by atoms with Crippen LogP contribution in [0.5, 0.6) is 0 Å². The number of amides is 2. The summed E-state index contributed by atoms with van der Waals surface area (Å²) >= 11 is 0. The lowest BCUT2D eigenvalue weighted by Crippen LogP contribution is -2.42. The predicted octanol–water partition coefficient (Wildman–Crippen LogP) is 3.31. The number of hydrogen-bond acceptors (Lipinski definition) is 2. The van der Waals surface area contributed by atoms with Gasteiger partial charge in [0, 0.05) is 12.5 Å². The fourth-order valence-electron chi connectivity index (χ4n) is 3.25. The van der Waals surface area contributed by atoms with E-state index in [9.17, 15) is 9.59 Å². The van der Waals surface area contributed by atoms with E-state index in [1.165, 1.54) is 24.8 Å². The van der Waals surface area contributed by atoms with Crippen LogP contribution in [0.4, 0.5) is 0 Å². The zero-order valence-corrected chi connectivity index (χ0v) is 14.9. The maximum Gasteiger partial charge on any atom is 0.239 e. The third-order valence-corrected chi connectivity index (χ3v) is 4.95. The molecule has 1 fully saturated rings. The highest BCUT2D eigenvalue weighted by molar-refractivity contribution is 5.84. The molecule has 0 radical (unpaired) electrons. The highest BCUT2D eigenvalue weighted by Gasteiger charge is 2.21. The number of rotatable bonds is 7. The normalized spacial score (nSPS) is 15.8. The standard InChI is InChI=1S/C20H30N2O2/c1-20(2,16-9-5-3-6-10-16)14-13-18(23)21-15-19(24)22-17-11-7-4-8-12-17/h3,5-6,9-10,17H,4,7-8,11-15H2,1-2H3,(H,21,23)(H,22,24). The molecule has 0 unspecified atom stereocenters. The second-order valence-corrected chi connectivity index (χ2v) is 7.43. The maximum atomic E-state index is 12.0. The van der Waals surface area contributed by atoms with Gasteiger partial charge in [0.05, 0.1) is 6.54 Å². The summed E-state index contributed by atoms with van der Waals surface area (Å²) in [6.45, 7) is 4.37. The van der Waals surface area contributed by atoms with Crippen molar-refractivity contribution in [3.63, 3.8) is 0 Å². The molecule has 2 amide bonds. The molecule has 2 rings (SSSR count). The van der Waals surface area contributed by atoms with E-state index in [4.69, 9.17) is 0 Å². The molecular formula is C20H30N2O2. The molecule has 0 atom stereocenters. The van der Waals surface area contributed by atoms with Crippen molar-refractivity contribution in [2.75, 3.05) is 6.54 Å². The lowest BCUT2D eigenvalue weighted by molar-refractivity contribution is -0.126. The Kier molecular flexibility index (Phi) is 6.83. The van der Waals surface area contributed by atoms with E-state index in [0.29, 0.717) is 12.5 Å². The summed E-state index contributed by atoms with van der Waals surface area (Å²) in [5, 5.41) is 5.76. The van der Waals surface area contributed by atoms with Crippen LogP contribution >= 0.6 is 0 Å². The molecule has 0 aromatic heterocycles. The Balaban J connectivity index is 1.68. The van der Waals surface area contributed by atoms with Crippen molar-refractivity contribution in [2.45, 2.75) is 70.3 Å². The molecule has 0 spiro atoms. The van der Waals surface area contributed by atoms with Gasteiger partial charge in [-0.15, -0.1) is 0 Å². The van der Waals surface area contributed by atoms with Crippen molar-refractivity contribution < 1.29 is 9.59 Å². The van der Waals surface area contributed by atoms with E-state index in [1.54, 1.807) is 0 Å². The molecule has 4 heteroatoms. The Labute approximate surface area is 145 Å². The van der Waals surface area contributed by atoms with E-state index >= 15 is 0 Å². The molecule has 0 aliphatic heterocycles. The molecule has 24 heavy (non-hydrogen) atoms. The van der Waals surface area contributed by atoms with Gasteiger partial charge in [0.25, 0.3) is 0 Å². The zero-order chi connectivity index (χ0) is 17.4. The van der Waals surface area contributed by atoms with Crippen LogP contribution in [-0.4, -0.2) is 24.4 Å². The number of nitrogens with one attached hydrogen (secondary N) is 2. The molecule has 1 aliphatic carbocycles. The Morgan fingerprint density at radius 1 is 1.04 bits per heavy atom. The van der Waals surface area contributed by atoms with Crippen molar-refractivity contribution >= 4 is 11.8 Å². The molecule has 1 saturated carbocycles. The Morgan fingerprint density at radius 2 is 1.71 bits per heavy atom. The average Bonchev–Trinajstić information content (AvgIpc) is 2.60. The van der Waals surface area contributed by atoms with Crippen LogP contribution < -0.4 is 10.6 Å². The van der Waals surface area contributed by atoms with Crippen molar-refractivity contribution in [2.24, 2.45) is 0 Å². The molecule has 1 aliphatic rings. The van der Waals surface area contributed by atoms with Crippen LogP contribution in [0.25, 0.3) is 0 Å². The predicted molar refractivity (Wildman–Crippen MR) is 96.7 cm³/mol. The first-order valence-electron chi connectivity index (χ1n) is 9.09. The van der Waals surface area contributed by atoms with Crippen molar-refractivity contribution in [1.29, 1.82) is 0 Å². The van der Waals surface area contributed by atoms with Gasteiger partial charge in [-0.3, -0.25) is 9.59 Å². The molecule has 0 saturated heterocycles. The lowest BCUT2D eigenvalue weighted by Gasteiger charge is -2.25. The SMILES string of the molecule is CC(C)(CCC(=O)NCC(=O)NC1CCCCC1)c1ccccc1. The maximum absolute atomic E-state index is 12.0. The Hall–Kier alpha value is -1.84. The smallest absolute Gasteiger partial charge is 0.239 e. The van der Waals surface area contributed by atoms with Gasteiger partial charge in [0.15, 0.2) is 0 Å². The second-order valence-electron chi connectivity index (χ2n) is 7.43. The molecule has 0 bridgehead atoms. The van der Waals surface area contributed by atoms with Gasteiger partial charge in [-0.25, -0.2) is 0 Å². The lowest BCUT2D eigenvalue weighted by atomic mass is 9.80. The van der Waals surface area contributed by atoms with Crippen molar-refractivity contribution in [3.8, 4) is 0 Å². The third kappa shape index (κ3) is 5.99. The van der Waals surface area contributed by atoms with Gasteiger partial charge in [-0.2, -0.15) is 0 Å². The molecule has 1 aromatic carbocycles. The second kappa shape index (κ2) is 8.86. The average molecular weight is 330 g/mol. The minimum Gasteiger partial charge on any atom is -0.352 e. The van der Waals surface area contributed by atoms with Crippen LogP contribution in [0.3, 0.4) is 0 Å². The van der Waals surface area contributed by atoms with E-state index in [-0.39, 0.29) is 23.8 Å². The number of benzene rings is 1. The van der Waals surface area contributed by atoms with Crippen molar-refractivity contribution in [1.82, 2.24) is 10.6 Å². The van der Waals surface area contributed by atoms with Crippen LogP contribution in [0.15, 0.2) is 30.3 Å². The molecule has 1 aromatic rings. The number of carbonyl (C=O) groups excluding carboxylic acids is 2. The fraction of sp³-hybridized carbons (Fsp3) is 0.600. The monoisotopic (exact) mass is 330 g/mol. The van der Waals surface area contributed by atoms with Gasteiger partial charge < -0.3 is 10.6 Å². The Bertz CT molecular complexity index is 534. The molecule has 0 heterocycles. The highest BCUT2D eigenvalue weighted by atomic mass is 16.2. The largest absolute Gasteiger partial charge is 0.352 e. The molecular weight excluding hydrogens is 300 g/mol. The van der Waals surface area contributed by atoms with E-state index < -0.39 is 0 Å². The first kappa shape index (κ1) is 18.5. The molecule has 4 nitrogen and oxygen atoms in total. The highest BCUT2D eigenvalue weighted by Crippen LogP contribution is 2.27. The quantitative estimate of drug-likeness (QED) is 0.806.